The predicted octanol–water partition coefficient (Wildman–Crippen LogP) is -2.36. The summed E-state index contributed by atoms with van der Waals surface area (Å²) < 4.78 is 0. The summed E-state index contributed by atoms with van der Waals surface area (Å²) in [6, 6.07) is 0. The first kappa shape index (κ1) is 15.6. The molecule has 0 aromatic carbocycles. The van der Waals surface area contributed by atoms with Crippen LogP contribution in [0.2, 0.25) is 0 Å². The van der Waals surface area contributed by atoms with Crippen LogP contribution in [0.5, 0.6) is 0 Å². The quantitative estimate of drug-likeness (QED) is 0.349. The van der Waals surface area contributed by atoms with Gasteiger partial charge in [0.15, 0.2) is 0 Å². The molecule has 0 aromatic rings. The molecule has 6 heavy (non-hydrogen) atoms. The molecule has 0 radical (unpaired) electrons. The van der Waals surface area contributed by atoms with Crippen molar-refractivity contribution in [3.63, 3.8) is 0 Å². The summed E-state index contributed by atoms with van der Waals surface area (Å²) in [5.41, 5.74) is 0. The fraction of sp³-hybridized carbons (Fsp3) is 0. The second-order valence-corrected chi connectivity index (χ2v) is 0.346. The van der Waals surface area contributed by atoms with Gasteiger partial charge in [0.2, 0.25) is 0 Å². The molecule has 0 bridgehead atoms. The van der Waals surface area contributed by atoms with Gasteiger partial charge in [-0.3, -0.25) is 0 Å². The van der Waals surface area contributed by atoms with E-state index in [1.165, 1.54) is 0 Å². The molecule has 0 spiro atoms. The summed E-state index contributed by atoms with van der Waals surface area (Å²) in [6.45, 7) is 0. The Morgan fingerprint density at radius 2 is 1.17 bits per heavy atom. The van der Waals surface area contributed by atoms with Crippen molar-refractivity contribution in [1.82, 2.24) is 0 Å². The van der Waals surface area contributed by atoms with E-state index in [1.54, 1.807) is 0 Å². The molecule has 0 amide bonds. The van der Waals surface area contributed by atoms with E-state index in [9.17, 15) is 0 Å². The van der Waals surface area contributed by atoms with Gasteiger partial charge in [0.25, 0.3) is 0 Å². The van der Waals surface area contributed by atoms with Crippen molar-refractivity contribution in [3.8, 4) is 0 Å². The van der Waals surface area contributed by atoms with E-state index in [0.29, 0.717) is 0 Å². The second kappa shape index (κ2) is 9.78. The van der Waals surface area contributed by atoms with Gasteiger partial charge in [-0.2, -0.15) is 0 Å². The number of hydrogen-bond donors (Lipinski definition) is 3. The summed E-state index contributed by atoms with van der Waals surface area (Å²) in [7, 11) is -2.17. The summed E-state index contributed by atoms with van der Waals surface area (Å²) in [6.07, 6.45) is 0. The third-order valence-electron chi connectivity index (χ3n) is 0. The van der Waals surface area contributed by atoms with Gasteiger partial charge in [-0.1, -0.05) is 0 Å². The maximum absolute atomic E-state index is 7.17. The molecule has 0 saturated heterocycles. The topological polar surface area (TPSA) is 60.7 Å². The average molecular weight is 162 g/mol. The van der Waals surface area contributed by atoms with Gasteiger partial charge >= 0.3 is 62.9 Å². The van der Waals surface area contributed by atoms with Gasteiger partial charge in [0.1, 0.15) is 0 Å². The molecule has 3 nitrogen and oxygen atoms in total. The molecule has 0 rings (SSSR count). The zero-order valence-corrected chi connectivity index (χ0v) is 6.81. The van der Waals surface area contributed by atoms with Crippen LogP contribution in [0.4, 0.5) is 0 Å². The second-order valence-electron chi connectivity index (χ2n) is 0.346. The van der Waals surface area contributed by atoms with Gasteiger partial charge in [-0.25, -0.2) is 0 Å². The van der Waals surface area contributed by atoms with Crippen LogP contribution in [-0.4, -0.2) is 78.0 Å². The predicted molar refractivity (Wildman–Crippen MR) is 28.4 cm³/mol. The summed E-state index contributed by atoms with van der Waals surface area (Å²) in [5.74, 6) is 0. The van der Waals surface area contributed by atoms with Crippen LogP contribution in [0.25, 0.3) is 0 Å². The minimum Gasteiger partial charge on any atom is -1.00 e. The molecule has 0 aliphatic carbocycles. The maximum atomic E-state index is 7.17. The fourth-order valence-corrected chi connectivity index (χ4v) is 0. The van der Waals surface area contributed by atoms with Gasteiger partial charge in [0, 0.05) is 0 Å². The molecule has 3 N–H and O–H groups in total. The normalized spacial score (nSPS) is 4.50. The van der Waals surface area contributed by atoms with Crippen molar-refractivity contribution in [2.75, 3.05) is 0 Å². The Balaban J connectivity index is -0.00000000300. The molecule has 6 heteroatoms. The van der Waals surface area contributed by atoms with Crippen LogP contribution in [0.3, 0.4) is 0 Å². The van der Waals surface area contributed by atoms with Crippen LogP contribution < -0.4 is 0 Å². The van der Waals surface area contributed by atoms with Gasteiger partial charge in [-0.05, 0) is 0 Å². The Morgan fingerprint density at radius 1 is 1.17 bits per heavy atom. The third kappa shape index (κ3) is 46.5. The zero-order chi connectivity index (χ0) is 3.58. The minimum absolute atomic E-state index is 0. The molecular weight excluding hydrogens is 155 g/mol. The largest absolute Gasteiger partial charge is 2.00 e. The average Bonchev–Trinajstić information content (AvgIpc) is 0.811. The smallest absolute Gasteiger partial charge is 1.00 e. The summed E-state index contributed by atoms with van der Waals surface area (Å²) in [4.78, 5) is 0. The molecule has 0 unspecified atom stereocenters. The van der Waals surface area contributed by atoms with E-state index in [1.807, 2.05) is 0 Å². The third-order valence-corrected chi connectivity index (χ3v) is 0. The van der Waals surface area contributed by atoms with Crippen LogP contribution in [-0.2, 0) is 0 Å². The minimum atomic E-state index is -2.17. The fourth-order valence-electron chi connectivity index (χ4n) is 0. The molecule has 32 valence electrons. The summed E-state index contributed by atoms with van der Waals surface area (Å²) >= 11 is 0. The van der Waals surface area contributed by atoms with E-state index in [0.717, 1.165) is 0 Å². The van der Waals surface area contributed by atoms with Crippen molar-refractivity contribution in [3.05, 3.63) is 0 Å². The summed E-state index contributed by atoms with van der Waals surface area (Å²) in [5, 5.41) is 21.5. The van der Waals surface area contributed by atoms with Crippen LogP contribution >= 0.6 is 0 Å². The van der Waals surface area contributed by atoms with Crippen LogP contribution in [0, 0.1) is 0 Å². The standard InChI is InChI=1S/BH3O3.Be.Sr.4H/c2-1(3)4;;;;;;/h2-4H;;;;;;/q;2*+2;4*-1. The molecule has 0 aliphatic rings. The Labute approximate surface area is 83.0 Å². The Kier molecular flexibility index (Phi) is 25.5. The van der Waals surface area contributed by atoms with Crippen LogP contribution in [0.1, 0.15) is 5.71 Å². The SMILES string of the molecule is OB(O)O.[Be+2].[H-].[H-].[H-].[H-].[Sr+2]. The van der Waals surface area contributed by atoms with Gasteiger partial charge in [0.05, 0.1) is 0 Å². The molecular formula is H7BBeO3Sr. The van der Waals surface area contributed by atoms with E-state index in [2.05, 4.69) is 0 Å². The number of rotatable bonds is 0. The molecule has 0 fully saturated rings. The Morgan fingerprint density at radius 3 is 1.17 bits per heavy atom. The molecule has 0 saturated carbocycles. The Bertz CT molecular complexity index is 25.2. The number of hydrogen-bond acceptors (Lipinski definition) is 3. The molecule has 0 atom stereocenters. The van der Waals surface area contributed by atoms with E-state index in [4.69, 9.17) is 15.1 Å². The van der Waals surface area contributed by atoms with Crippen molar-refractivity contribution >= 4 is 62.9 Å². The maximum Gasteiger partial charge on any atom is 2.00 e. The molecule has 0 heterocycles. The monoisotopic (exact) mass is 163 g/mol. The first-order valence-corrected chi connectivity index (χ1v) is 0.775. The first-order chi connectivity index (χ1) is 1.73. The molecule has 0 aliphatic heterocycles. The van der Waals surface area contributed by atoms with Crippen molar-refractivity contribution in [1.29, 1.82) is 0 Å². The van der Waals surface area contributed by atoms with E-state index < -0.39 is 7.32 Å². The van der Waals surface area contributed by atoms with Crippen LogP contribution in [0.15, 0.2) is 0 Å². The van der Waals surface area contributed by atoms with E-state index >= 15 is 0 Å². The Hall–Kier alpha value is 1.59. The van der Waals surface area contributed by atoms with Gasteiger partial charge in [-0.15, -0.1) is 0 Å². The van der Waals surface area contributed by atoms with Gasteiger partial charge < -0.3 is 20.8 Å². The van der Waals surface area contributed by atoms with Crippen molar-refractivity contribution < 1.29 is 20.8 Å². The van der Waals surface area contributed by atoms with Crippen molar-refractivity contribution in [2.45, 2.75) is 0 Å². The molecule has 0 aromatic heterocycles. The van der Waals surface area contributed by atoms with Crippen molar-refractivity contribution in [2.24, 2.45) is 0 Å². The first-order valence-electron chi connectivity index (χ1n) is 0.775. The zero-order valence-electron chi connectivity index (χ0n) is 7.33. The van der Waals surface area contributed by atoms with E-state index in [-0.39, 0.29) is 61.3 Å².